The Kier molecular flexibility index (Phi) is 5.76. The van der Waals surface area contributed by atoms with Crippen LogP contribution in [0.15, 0.2) is 85.2 Å². The van der Waals surface area contributed by atoms with Crippen LogP contribution in [0.3, 0.4) is 0 Å². The molecule has 0 aliphatic rings. The lowest BCUT2D eigenvalue weighted by Crippen LogP contribution is -2.11. The lowest BCUT2D eigenvalue weighted by molar-refractivity contribution is 0.102. The number of fused-ring (bicyclic) bond motifs is 1. The van der Waals surface area contributed by atoms with Crippen molar-refractivity contribution in [3.63, 3.8) is 0 Å². The van der Waals surface area contributed by atoms with Gasteiger partial charge in [-0.3, -0.25) is 9.78 Å². The predicted octanol–water partition coefficient (Wildman–Crippen LogP) is 5.47. The SMILES string of the molecule is Cc1cccc(NC(=O)c2ccc3ccc(Oc4ccnc(-c5ncc(CO)[nH]5)c4)cc3c2)c1. The summed E-state index contributed by atoms with van der Waals surface area (Å²) < 4.78 is 6.06. The first-order valence-electron chi connectivity index (χ1n) is 10.8. The minimum atomic E-state index is -0.168. The zero-order valence-corrected chi connectivity index (χ0v) is 18.4. The number of amides is 1. The highest BCUT2D eigenvalue weighted by Gasteiger charge is 2.10. The number of ether oxygens (including phenoxy) is 1. The van der Waals surface area contributed by atoms with Gasteiger partial charge in [-0.05, 0) is 65.7 Å². The largest absolute Gasteiger partial charge is 0.457 e. The summed E-state index contributed by atoms with van der Waals surface area (Å²) in [4.78, 5) is 24.3. The number of carbonyl (C=O) groups is 1. The molecule has 7 heteroatoms. The number of nitrogens with one attached hydrogen (secondary N) is 2. The van der Waals surface area contributed by atoms with Crippen molar-refractivity contribution >= 4 is 22.4 Å². The lowest BCUT2D eigenvalue weighted by Gasteiger charge is -2.10. The maximum Gasteiger partial charge on any atom is 0.255 e. The van der Waals surface area contributed by atoms with Crippen LogP contribution in [0.25, 0.3) is 22.3 Å². The van der Waals surface area contributed by atoms with E-state index in [0.717, 1.165) is 22.0 Å². The van der Waals surface area contributed by atoms with Crippen LogP contribution in [-0.4, -0.2) is 26.0 Å². The van der Waals surface area contributed by atoms with Crippen LogP contribution in [0.1, 0.15) is 21.6 Å². The van der Waals surface area contributed by atoms with Crippen LogP contribution in [0, 0.1) is 6.92 Å². The number of aryl methyl sites for hydroxylation is 1. The van der Waals surface area contributed by atoms with Crippen molar-refractivity contribution in [3.8, 4) is 23.0 Å². The van der Waals surface area contributed by atoms with Crippen molar-refractivity contribution in [2.24, 2.45) is 0 Å². The van der Waals surface area contributed by atoms with Gasteiger partial charge in [-0.15, -0.1) is 0 Å². The average Bonchev–Trinajstić information content (AvgIpc) is 3.33. The Hall–Kier alpha value is -4.49. The number of aromatic nitrogens is 3. The fraction of sp³-hybridized carbons (Fsp3) is 0.0741. The second-order valence-electron chi connectivity index (χ2n) is 7.94. The average molecular weight is 450 g/mol. The van der Waals surface area contributed by atoms with Gasteiger partial charge in [-0.1, -0.05) is 24.3 Å². The summed E-state index contributed by atoms with van der Waals surface area (Å²) >= 11 is 0. The Morgan fingerprint density at radius 3 is 2.65 bits per heavy atom. The molecule has 0 atom stereocenters. The second-order valence-corrected chi connectivity index (χ2v) is 7.94. The van der Waals surface area contributed by atoms with Crippen molar-refractivity contribution in [1.82, 2.24) is 15.0 Å². The molecule has 2 heterocycles. The van der Waals surface area contributed by atoms with E-state index in [2.05, 4.69) is 20.3 Å². The summed E-state index contributed by atoms with van der Waals surface area (Å²) in [5.41, 5.74) is 3.62. The molecular weight excluding hydrogens is 428 g/mol. The van der Waals surface area contributed by atoms with Gasteiger partial charge in [0, 0.05) is 23.5 Å². The van der Waals surface area contributed by atoms with Crippen LogP contribution < -0.4 is 10.1 Å². The first-order valence-corrected chi connectivity index (χ1v) is 10.8. The molecule has 168 valence electrons. The zero-order chi connectivity index (χ0) is 23.5. The first-order chi connectivity index (χ1) is 16.6. The quantitative estimate of drug-likeness (QED) is 0.318. The Labute approximate surface area is 196 Å². The molecule has 0 spiro atoms. The molecule has 0 radical (unpaired) electrons. The number of imidazole rings is 1. The first kappa shape index (κ1) is 21.4. The standard InChI is InChI=1S/C27H22N4O3/c1-17-3-2-4-21(11-17)31-27(33)19-6-5-18-7-8-23(13-20(18)12-19)34-24-9-10-28-25(14-24)26-29-15-22(16-32)30-26/h2-15,32H,16H2,1H3,(H,29,30)(H,31,33). The molecule has 0 unspecified atom stereocenters. The predicted molar refractivity (Wildman–Crippen MR) is 131 cm³/mol. The van der Waals surface area contributed by atoms with E-state index in [0.29, 0.717) is 34.3 Å². The maximum atomic E-state index is 12.8. The number of nitrogens with zero attached hydrogens (tertiary/aromatic N) is 2. The molecule has 5 rings (SSSR count). The van der Waals surface area contributed by atoms with Crippen molar-refractivity contribution in [2.75, 3.05) is 5.32 Å². The smallest absolute Gasteiger partial charge is 0.255 e. The Balaban J connectivity index is 1.37. The summed E-state index contributed by atoms with van der Waals surface area (Å²) in [5, 5.41) is 14.1. The van der Waals surface area contributed by atoms with Crippen LogP contribution in [0.2, 0.25) is 0 Å². The van der Waals surface area contributed by atoms with Crippen LogP contribution in [-0.2, 0) is 6.61 Å². The van der Waals surface area contributed by atoms with Gasteiger partial charge in [0.2, 0.25) is 0 Å². The number of hydrogen-bond donors (Lipinski definition) is 3. The molecular formula is C27H22N4O3. The van der Waals surface area contributed by atoms with E-state index in [4.69, 9.17) is 4.74 Å². The molecule has 1 amide bonds. The monoisotopic (exact) mass is 450 g/mol. The van der Waals surface area contributed by atoms with Crippen molar-refractivity contribution in [2.45, 2.75) is 13.5 Å². The Bertz CT molecular complexity index is 1490. The molecule has 0 bridgehead atoms. The molecule has 7 nitrogen and oxygen atoms in total. The van der Waals surface area contributed by atoms with E-state index in [1.165, 1.54) is 0 Å². The summed E-state index contributed by atoms with van der Waals surface area (Å²) in [6, 6.07) is 22.6. The number of carbonyl (C=O) groups excluding carboxylic acids is 1. The normalized spacial score (nSPS) is 10.9. The lowest BCUT2D eigenvalue weighted by atomic mass is 10.1. The van der Waals surface area contributed by atoms with Crippen molar-refractivity contribution in [1.29, 1.82) is 0 Å². The Morgan fingerprint density at radius 1 is 0.971 bits per heavy atom. The summed E-state index contributed by atoms with van der Waals surface area (Å²) in [5.74, 6) is 1.62. The zero-order valence-electron chi connectivity index (χ0n) is 18.4. The number of H-pyrrole nitrogens is 1. The summed E-state index contributed by atoms with van der Waals surface area (Å²) in [6.07, 6.45) is 3.21. The van der Waals surface area contributed by atoms with Gasteiger partial charge in [0.05, 0.1) is 18.5 Å². The molecule has 34 heavy (non-hydrogen) atoms. The molecule has 2 aromatic heterocycles. The van der Waals surface area contributed by atoms with E-state index in [9.17, 15) is 9.90 Å². The number of benzene rings is 3. The maximum absolute atomic E-state index is 12.8. The van der Waals surface area contributed by atoms with Gasteiger partial charge < -0.3 is 20.1 Å². The highest BCUT2D eigenvalue weighted by atomic mass is 16.5. The molecule has 5 aromatic rings. The van der Waals surface area contributed by atoms with E-state index in [1.54, 1.807) is 24.5 Å². The minimum absolute atomic E-state index is 0.120. The topological polar surface area (TPSA) is 100 Å². The number of aliphatic hydroxyl groups excluding tert-OH is 1. The molecule has 0 saturated heterocycles. The molecule has 0 saturated carbocycles. The number of pyridine rings is 1. The number of anilines is 1. The van der Waals surface area contributed by atoms with E-state index in [1.807, 2.05) is 67.6 Å². The number of aliphatic hydroxyl groups is 1. The number of rotatable bonds is 6. The van der Waals surface area contributed by atoms with Crippen molar-refractivity contribution < 1.29 is 14.6 Å². The van der Waals surface area contributed by atoms with E-state index >= 15 is 0 Å². The third-order valence-corrected chi connectivity index (χ3v) is 5.36. The number of aromatic amines is 1. The molecule has 0 aliphatic heterocycles. The minimum Gasteiger partial charge on any atom is -0.457 e. The fourth-order valence-corrected chi connectivity index (χ4v) is 3.67. The van der Waals surface area contributed by atoms with E-state index < -0.39 is 0 Å². The number of hydrogen-bond acceptors (Lipinski definition) is 5. The van der Waals surface area contributed by atoms with Gasteiger partial charge in [-0.25, -0.2) is 4.98 Å². The molecule has 3 aromatic carbocycles. The van der Waals surface area contributed by atoms with Gasteiger partial charge in [0.25, 0.3) is 5.91 Å². The van der Waals surface area contributed by atoms with Crippen LogP contribution >= 0.6 is 0 Å². The van der Waals surface area contributed by atoms with Gasteiger partial charge in [0.15, 0.2) is 5.82 Å². The fourth-order valence-electron chi connectivity index (χ4n) is 3.67. The van der Waals surface area contributed by atoms with Crippen LogP contribution in [0.4, 0.5) is 5.69 Å². The Morgan fingerprint density at radius 2 is 1.82 bits per heavy atom. The summed E-state index contributed by atoms with van der Waals surface area (Å²) in [6.45, 7) is 1.87. The highest BCUT2D eigenvalue weighted by molar-refractivity contribution is 6.06. The van der Waals surface area contributed by atoms with Gasteiger partial charge >= 0.3 is 0 Å². The summed E-state index contributed by atoms with van der Waals surface area (Å²) in [7, 11) is 0. The third-order valence-electron chi connectivity index (χ3n) is 5.36. The van der Waals surface area contributed by atoms with Crippen molar-refractivity contribution in [3.05, 3.63) is 102 Å². The molecule has 0 fully saturated rings. The third kappa shape index (κ3) is 4.65. The molecule has 3 N–H and O–H groups in total. The van der Waals surface area contributed by atoms with E-state index in [-0.39, 0.29) is 12.5 Å². The second kappa shape index (κ2) is 9.17. The van der Waals surface area contributed by atoms with Gasteiger partial charge in [-0.2, -0.15) is 0 Å². The molecule has 0 aliphatic carbocycles. The van der Waals surface area contributed by atoms with Gasteiger partial charge in [0.1, 0.15) is 17.2 Å². The highest BCUT2D eigenvalue weighted by Crippen LogP contribution is 2.28. The van der Waals surface area contributed by atoms with Crippen LogP contribution in [0.5, 0.6) is 11.5 Å².